The van der Waals surface area contributed by atoms with Crippen LogP contribution in [0.2, 0.25) is 0 Å². The van der Waals surface area contributed by atoms with Crippen molar-refractivity contribution in [3.05, 3.63) is 28.9 Å². The third-order valence-corrected chi connectivity index (χ3v) is 4.30. The van der Waals surface area contributed by atoms with Crippen LogP contribution in [-0.2, 0) is 22.7 Å². The van der Waals surface area contributed by atoms with Gasteiger partial charge in [-0.3, -0.25) is 4.79 Å². The molecule has 0 unspecified atom stereocenters. The predicted octanol–water partition coefficient (Wildman–Crippen LogP) is 2.76. The maximum atomic E-state index is 13.4. The highest BCUT2D eigenvalue weighted by atomic mass is 19.1. The average molecular weight is 323 g/mol. The molecule has 0 N–H and O–H groups in total. The fourth-order valence-electron chi connectivity index (χ4n) is 2.93. The molecule has 1 aliphatic rings. The molecule has 0 radical (unpaired) electrons. The zero-order valence-electron chi connectivity index (χ0n) is 14.4. The van der Waals surface area contributed by atoms with Gasteiger partial charge in [0.25, 0.3) is 0 Å². The van der Waals surface area contributed by atoms with Crippen molar-refractivity contribution in [1.29, 1.82) is 0 Å². The number of aromatic nitrogens is 2. The van der Waals surface area contributed by atoms with E-state index in [1.807, 2.05) is 32.4 Å². The van der Waals surface area contributed by atoms with Gasteiger partial charge in [0.1, 0.15) is 12.6 Å². The fourth-order valence-corrected chi connectivity index (χ4v) is 2.93. The van der Waals surface area contributed by atoms with E-state index in [0.29, 0.717) is 32.7 Å². The Kier molecular flexibility index (Phi) is 5.93. The first-order chi connectivity index (χ1) is 10.9. The van der Waals surface area contributed by atoms with Crippen LogP contribution in [0.15, 0.2) is 11.9 Å². The molecule has 1 atom stereocenters. The number of rotatable bonds is 6. The first kappa shape index (κ1) is 17.7. The van der Waals surface area contributed by atoms with Gasteiger partial charge in [-0.15, -0.1) is 0 Å². The minimum absolute atomic E-state index is 0.00427. The van der Waals surface area contributed by atoms with E-state index in [-0.39, 0.29) is 24.2 Å². The molecule has 0 fully saturated rings. The Morgan fingerprint density at radius 3 is 2.87 bits per heavy atom. The molecule has 5 nitrogen and oxygen atoms in total. The summed E-state index contributed by atoms with van der Waals surface area (Å²) in [5.41, 5.74) is 3.03. The summed E-state index contributed by atoms with van der Waals surface area (Å²) in [6.45, 7) is 9.55. The monoisotopic (exact) mass is 323 g/mol. The third-order valence-electron chi connectivity index (χ3n) is 4.30. The molecule has 0 aromatic carbocycles. The topological polar surface area (TPSA) is 47.4 Å². The van der Waals surface area contributed by atoms with Gasteiger partial charge in [0.05, 0.1) is 12.2 Å². The normalized spacial score (nSPS) is 16.4. The Balaban J connectivity index is 2.05. The van der Waals surface area contributed by atoms with Crippen molar-refractivity contribution in [1.82, 2.24) is 14.7 Å². The molecule has 6 heteroatoms. The zero-order chi connectivity index (χ0) is 17.0. The minimum atomic E-state index is -0.214. The number of carbonyl (C=O) groups is 1. The van der Waals surface area contributed by atoms with Gasteiger partial charge in [0.2, 0.25) is 5.91 Å². The van der Waals surface area contributed by atoms with Crippen molar-refractivity contribution in [3.63, 3.8) is 0 Å². The van der Waals surface area contributed by atoms with Gasteiger partial charge in [-0.25, -0.2) is 9.07 Å². The molecule has 1 aromatic heterocycles. The van der Waals surface area contributed by atoms with E-state index < -0.39 is 0 Å². The van der Waals surface area contributed by atoms with Crippen LogP contribution in [0, 0.1) is 19.8 Å². The second-order valence-electron chi connectivity index (χ2n) is 6.08. The van der Waals surface area contributed by atoms with Gasteiger partial charge in [-0.1, -0.05) is 6.92 Å². The molecule has 1 amide bonds. The lowest BCUT2D eigenvalue weighted by Gasteiger charge is -2.27. The van der Waals surface area contributed by atoms with Gasteiger partial charge in [0.15, 0.2) is 0 Å². The molecule has 0 saturated heterocycles. The van der Waals surface area contributed by atoms with Crippen molar-refractivity contribution in [2.24, 2.45) is 5.92 Å². The number of nitrogens with zero attached hydrogens (tertiary/aromatic N) is 3. The van der Waals surface area contributed by atoms with E-state index in [1.54, 1.807) is 11.0 Å². The van der Waals surface area contributed by atoms with Gasteiger partial charge >= 0.3 is 0 Å². The molecule has 1 aliphatic heterocycles. The summed E-state index contributed by atoms with van der Waals surface area (Å²) < 4.78 is 20.6. The summed E-state index contributed by atoms with van der Waals surface area (Å²) in [6.07, 6.45) is 2.76. The second-order valence-corrected chi connectivity index (χ2v) is 6.08. The van der Waals surface area contributed by atoms with Crippen LogP contribution in [0.25, 0.3) is 0 Å². The fraction of sp³-hybridized carbons (Fsp3) is 0.647. The van der Waals surface area contributed by atoms with E-state index in [0.717, 1.165) is 17.0 Å². The summed E-state index contributed by atoms with van der Waals surface area (Å²) in [4.78, 5) is 14.1. The van der Waals surface area contributed by atoms with Crippen LogP contribution in [0.5, 0.6) is 0 Å². The smallest absolute Gasteiger partial charge is 0.226 e. The van der Waals surface area contributed by atoms with Crippen LogP contribution in [0.3, 0.4) is 0 Å². The summed E-state index contributed by atoms with van der Waals surface area (Å²) in [7, 11) is 0. The van der Waals surface area contributed by atoms with Crippen molar-refractivity contribution in [3.8, 4) is 0 Å². The Labute approximate surface area is 137 Å². The van der Waals surface area contributed by atoms with Crippen LogP contribution < -0.4 is 0 Å². The van der Waals surface area contributed by atoms with Gasteiger partial charge in [-0.2, -0.15) is 5.10 Å². The molecule has 1 aromatic rings. The van der Waals surface area contributed by atoms with Crippen LogP contribution in [0.1, 0.15) is 37.2 Å². The lowest BCUT2D eigenvalue weighted by molar-refractivity contribution is -0.135. The maximum Gasteiger partial charge on any atom is 0.226 e. The highest BCUT2D eigenvalue weighted by Crippen LogP contribution is 2.21. The van der Waals surface area contributed by atoms with Gasteiger partial charge < -0.3 is 9.64 Å². The van der Waals surface area contributed by atoms with Crippen molar-refractivity contribution < 1.29 is 13.9 Å². The lowest BCUT2D eigenvalue weighted by atomic mass is 9.98. The minimum Gasteiger partial charge on any atom is -0.360 e. The standard InChI is InChI=1S/C17H26FN3O2/c1-5-23-11-21-14(4)16(13(3)19-21)9-12(2)17(22)20-8-6-7-15(18)10-20/h7,12H,5-6,8-11H2,1-4H3/t12-/m0/s1. The first-order valence-corrected chi connectivity index (χ1v) is 8.18. The van der Waals surface area contributed by atoms with Crippen LogP contribution >= 0.6 is 0 Å². The molecule has 128 valence electrons. The van der Waals surface area contributed by atoms with Crippen molar-refractivity contribution in [2.75, 3.05) is 19.7 Å². The van der Waals surface area contributed by atoms with E-state index in [4.69, 9.17) is 4.74 Å². The maximum absolute atomic E-state index is 13.4. The molecule has 2 heterocycles. The quantitative estimate of drug-likeness (QED) is 0.809. The highest BCUT2D eigenvalue weighted by molar-refractivity contribution is 5.79. The third kappa shape index (κ3) is 4.19. The molecule has 0 aliphatic carbocycles. The number of aryl methyl sites for hydroxylation is 1. The summed E-state index contributed by atoms with van der Waals surface area (Å²) in [5, 5.41) is 4.48. The number of carbonyl (C=O) groups excluding carboxylic acids is 1. The van der Waals surface area contributed by atoms with E-state index in [9.17, 15) is 9.18 Å². The molecular weight excluding hydrogens is 297 g/mol. The highest BCUT2D eigenvalue weighted by Gasteiger charge is 2.25. The van der Waals surface area contributed by atoms with Gasteiger partial charge in [0, 0.05) is 24.8 Å². The van der Waals surface area contributed by atoms with Crippen molar-refractivity contribution in [2.45, 2.75) is 47.3 Å². The predicted molar refractivity (Wildman–Crippen MR) is 86.6 cm³/mol. The number of hydrogen-bond donors (Lipinski definition) is 0. The Morgan fingerprint density at radius 1 is 1.48 bits per heavy atom. The Hall–Kier alpha value is -1.69. The molecule has 0 saturated carbocycles. The zero-order valence-corrected chi connectivity index (χ0v) is 14.4. The summed E-state index contributed by atoms with van der Waals surface area (Å²) in [6, 6.07) is 0. The molecule has 2 rings (SSSR count). The Bertz CT molecular complexity index is 595. The van der Waals surface area contributed by atoms with Crippen molar-refractivity contribution >= 4 is 5.91 Å². The van der Waals surface area contributed by atoms with E-state index in [1.165, 1.54) is 0 Å². The lowest BCUT2D eigenvalue weighted by Crippen LogP contribution is -2.39. The molecule has 0 spiro atoms. The Morgan fingerprint density at radius 2 is 2.22 bits per heavy atom. The molecule has 0 bridgehead atoms. The van der Waals surface area contributed by atoms with Crippen LogP contribution in [-0.4, -0.2) is 40.3 Å². The van der Waals surface area contributed by atoms with Crippen LogP contribution in [0.4, 0.5) is 4.39 Å². The first-order valence-electron chi connectivity index (χ1n) is 8.18. The van der Waals surface area contributed by atoms with Gasteiger partial charge in [-0.05, 0) is 45.3 Å². The number of hydrogen-bond acceptors (Lipinski definition) is 3. The number of amides is 1. The average Bonchev–Trinajstić information content (AvgIpc) is 2.79. The van der Waals surface area contributed by atoms with E-state index >= 15 is 0 Å². The summed E-state index contributed by atoms with van der Waals surface area (Å²) in [5.74, 6) is -0.402. The number of halogens is 1. The molecule has 23 heavy (non-hydrogen) atoms. The largest absolute Gasteiger partial charge is 0.360 e. The number of ether oxygens (including phenoxy) is 1. The SMILES string of the molecule is CCOCn1nc(C)c(C[C@H](C)C(=O)N2CCC=C(F)C2)c1C. The van der Waals surface area contributed by atoms with E-state index in [2.05, 4.69) is 5.10 Å². The molecular formula is C17H26FN3O2. The second kappa shape index (κ2) is 7.73. The summed E-state index contributed by atoms with van der Waals surface area (Å²) >= 11 is 0.